The average Bonchev–Trinajstić information content (AvgIpc) is 3.18. The van der Waals surface area contributed by atoms with Crippen LogP contribution < -0.4 is 15.4 Å². The second-order valence-electron chi connectivity index (χ2n) is 7.37. The van der Waals surface area contributed by atoms with Gasteiger partial charge in [-0.15, -0.1) is 11.3 Å². The number of rotatable bonds is 6. The van der Waals surface area contributed by atoms with Crippen LogP contribution in [-0.4, -0.2) is 29.6 Å². The molecule has 0 atom stereocenters. The number of pyridine rings is 1. The van der Waals surface area contributed by atoms with Crippen molar-refractivity contribution < 1.29 is 23.9 Å². The number of aromatic nitrogens is 1. The lowest BCUT2D eigenvalue weighted by molar-refractivity contribution is 0.0735. The molecular weight excluding hydrogens is 442 g/mol. The van der Waals surface area contributed by atoms with Crippen LogP contribution in [0.5, 0.6) is 5.75 Å². The lowest BCUT2D eigenvalue weighted by Crippen LogP contribution is -2.17. The molecule has 4 rings (SSSR count). The summed E-state index contributed by atoms with van der Waals surface area (Å²) < 4.78 is 10.5. The zero-order valence-corrected chi connectivity index (χ0v) is 18.9. The number of esters is 1. The van der Waals surface area contributed by atoms with Crippen molar-refractivity contribution in [3.8, 4) is 5.75 Å². The maximum Gasteiger partial charge on any atom is 0.411 e. The number of nitrogens with one attached hydrogen (secondary N) is 2. The molecule has 1 aliphatic rings. The Morgan fingerprint density at radius 1 is 1.09 bits per heavy atom. The van der Waals surface area contributed by atoms with Gasteiger partial charge in [-0.25, -0.2) is 9.59 Å². The summed E-state index contributed by atoms with van der Waals surface area (Å²) in [5.41, 5.74) is 2.16. The number of aryl methyl sites for hydroxylation is 1. The minimum Gasteiger partial charge on any atom is -0.450 e. The van der Waals surface area contributed by atoms with Crippen LogP contribution in [0.1, 0.15) is 50.9 Å². The van der Waals surface area contributed by atoms with E-state index in [9.17, 15) is 14.4 Å². The monoisotopic (exact) mass is 465 g/mol. The van der Waals surface area contributed by atoms with E-state index in [1.807, 2.05) is 0 Å². The predicted octanol–water partition coefficient (Wildman–Crippen LogP) is 5.06. The average molecular weight is 466 g/mol. The maximum atomic E-state index is 13.2. The first-order valence-electron chi connectivity index (χ1n) is 10.7. The number of carbonyl (C=O) groups excluding carboxylic acids is 3. The minimum absolute atomic E-state index is 0.247. The Bertz CT molecular complexity index is 1180. The largest absolute Gasteiger partial charge is 0.450 e. The van der Waals surface area contributed by atoms with Crippen molar-refractivity contribution in [2.24, 2.45) is 0 Å². The third kappa shape index (κ3) is 5.38. The van der Waals surface area contributed by atoms with Gasteiger partial charge in [-0.2, -0.15) is 0 Å². The Balaban J connectivity index is 1.58. The van der Waals surface area contributed by atoms with Gasteiger partial charge in [0.05, 0.1) is 17.7 Å². The fourth-order valence-corrected chi connectivity index (χ4v) is 4.90. The Hall–Kier alpha value is -3.72. The second kappa shape index (κ2) is 10.3. The van der Waals surface area contributed by atoms with E-state index < -0.39 is 12.1 Å². The Morgan fingerprint density at radius 2 is 1.94 bits per heavy atom. The number of fused-ring (bicyclic) bond motifs is 1. The van der Waals surface area contributed by atoms with Gasteiger partial charge in [0.2, 0.25) is 0 Å². The molecule has 0 spiro atoms. The smallest absolute Gasteiger partial charge is 0.411 e. The van der Waals surface area contributed by atoms with Crippen LogP contribution in [0.3, 0.4) is 0 Å². The van der Waals surface area contributed by atoms with E-state index in [-0.39, 0.29) is 18.3 Å². The first-order valence-corrected chi connectivity index (χ1v) is 11.5. The Labute approximate surface area is 194 Å². The van der Waals surface area contributed by atoms with E-state index >= 15 is 0 Å². The normalized spacial score (nSPS) is 12.4. The highest BCUT2D eigenvalue weighted by Crippen LogP contribution is 2.39. The third-order valence-corrected chi connectivity index (χ3v) is 6.30. The molecule has 0 unspecified atom stereocenters. The molecule has 170 valence electrons. The third-order valence-electron chi connectivity index (χ3n) is 5.09. The van der Waals surface area contributed by atoms with Crippen LogP contribution in [0.2, 0.25) is 0 Å². The van der Waals surface area contributed by atoms with E-state index in [1.54, 1.807) is 49.5 Å². The molecule has 8 nitrogen and oxygen atoms in total. The van der Waals surface area contributed by atoms with Crippen LogP contribution in [0.4, 0.5) is 15.5 Å². The first kappa shape index (κ1) is 22.5. The van der Waals surface area contributed by atoms with Crippen LogP contribution in [0.25, 0.3) is 0 Å². The van der Waals surface area contributed by atoms with Crippen LogP contribution in [0.15, 0.2) is 48.8 Å². The number of benzene rings is 1. The molecule has 2 N–H and O–H groups in total. The number of anilines is 2. The summed E-state index contributed by atoms with van der Waals surface area (Å²) in [7, 11) is 0. The number of amides is 2. The molecule has 33 heavy (non-hydrogen) atoms. The number of ether oxygens (including phenoxy) is 2. The number of thiophene rings is 1. The van der Waals surface area contributed by atoms with Crippen molar-refractivity contribution >= 4 is 40.0 Å². The van der Waals surface area contributed by atoms with E-state index in [4.69, 9.17) is 9.47 Å². The zero-order chi connectivity index (χ0) is 23.2. The summed E-state index contributed by atoms with van der Waals surface area (Å²) in [6.07, 6.45) is 6.11. The van der Waals surface area contributed by atoms with Gasteiger partial charge in [0, 0.05) is 29.0 Å². The fraction of sp³-hybridized carbons (Fsp3) is 0.250. The quantitative estimate of drug-likeness (QED) is 0.389. The Morgan fingerprint density at radius 3 is 2.73 bits per heavy atom. The van der Waals surface area contributed by atoms with Gasteiger partial charge in [-0.1, -0.05) is 6.07 Å². The first-order chi connectivity index (χ1) is 16.0. The highest BCUT2D eigenvalue weighted by Gasteiger charge is 2.28. The van der Waals surface area contributed by atoms with Crippen molar-refractivity contribution in [3.05, 3.63) is 70.4 Å². The van der Waals surface area contributed by atoms with Gasteiger partial charge in [0.1, 0.15) is 10.8 Å². The SMILES string of the molecule is CCOC(=O)Nc1cccc(OC(=O)c2c(NC(=O)c3cccnc3)sc3c2CCCC3)c1. The van der Waals surface area contributed by atoms with Gasteiger partial charge < -0.3 is 14.8 Å². The predicted molar refractivity (Wildman–Crippen MR) is 125 cm³/mol. The highest BCUT2D eigenvalue weighted by molar-refractivity contribution is 7.17. The summed E-state index contributed by atoms with van der Waals surface area (Å²) >= 11 is 1.41. The van der Waals surface area contributed by atoms with Gasteiger partial charge in [-0.3, -0.25) is 15.1 Å². The number of hydrogen-bond acceptors (Lipinski definition) is 7. The maximum absolute atomic E-state index is 13.2. The number of nitrogens with zero attached hydrogens (tertiary/aromatic N) is 1. The molecule has 9 heteroatoms. The van der Waals surface area contributed by atoms with Crippen molar-refractivity contribution in [2.45, 2.75) is 32.6 Å². The van der Waals surface area contributed by atoms with Crippen molar-refractivity contribution in [3.63, 3.8) is 0 Å². The van der Waals surface area contributed by atoms with E-state index in [0.717, 1.165) is 36.1 Å². The summed E-state index contributed by atoms with van der Waals surface area (Å²) in [6.45, 7) is 1.96. The molecule has 0 fully saturated rings. The summed E-state index contributed by atoms with van der Waals surface area (Å²) in [5.74, 6) is -0.616. The lowest BCUT2D eigenvalue weighted by Gasteiger charge is -2.13. The van der Waals surface area contributed by atoms with Gasteiger partial charge >= 0.3 is 12.1 Å². The topological polar surface area (TPSA) is 107 Å². The summed E-state index contributed by atoms with van der Waals surface area (Å²) in [4.78, 5) is 42.7. The molecule has 0 bridgehead atoms. The minimum atomic E-state index is -0.590. The molecule has 2 aromatic heterocycles. The van der Waals surface area contributed by atoms with Gasteiger partial charge in [-0.05, 0) is 62.4 Å². The highest BCUT2D eigenvalue weighted by atomic mass is 32.1. The summed E-state index contributed by atoms with van der Waals surface area (Å²) in [5, 5.41) is 5.92. The van der Waals surface area contributed by atoms with E-state index in [1.165, 1.54) is 17.5 Å². The molecule has 1 aliphatic carbocycles. The lowest BCUT2D eigenvalue weighted by atomic mass is 9.95. The van der Waals surface area contributed by atoms with Crippen LogP contribution in [0, 0.1) is 0 Å². The second-order valence-corrected chi connectivity index (χ2v) is 8.48. The molecule has 0 radical (unpaired) electrons. The molecule has 2 amide bonds. The number of carbonyl (C=O) groups is 3. The van der Waals surface area contributed by atoms with E-state index in [2.05, 4.69) is 15.6 Å². The van der Waals surface area contributed by atoms with Crippen molar-refractivity contribution in [1.29, 1.82) is 0 Å². The molecule has 0 saturated heterocycles. The molecule has 3 aromatic rings. The zero-order valence-electron chi connectivity index (χ0n) is 18.1. The molecule has 1 aromatic carbocycles. The Kier molecular flexibility index (Phi) is 6.99. The molecule has 0 saturated carbocycles. The van der Waals surface area contributed by atoms with Gasteiger partial charge in [0.15, 0.2) is 0 Å². The molecule has 2 heterocycles. The molecular formula is C24H23N3O5S. The van der Waals surface area contributed by atoms with Crippen LogP contribution in [-0.2, 0) is 17.6 Å². The fourth-order valence-electron chi connectivity index (χ4n) is 3.62. The molecule has 0 aliphatic heterocycles. The van der Waals surface area contributed by atoms with Crippen LogP contribution >= 0.6 is 11.3 Å². The number of hydrogen-bond donors (Lipinski definition) is 2. The van der Waals surface area contributed by atoms with Crippen molar-refractivity contribution in [1.82, 2.24) is 4.98 Å². The van der Waals surface area contributed by atoms with Crippen molar-refractivity contribution in [2.75, 3.05) is 17.2 Å². The summed E-state index contributed by atoms with van der Waals surface area (Å²) in [6, 6.07) is 9.85. The van der Waals surface area contributed by atoms with Gasteiger partial charge in [0.25, 0.3) is 5.91 Å². The standard InChI is InChI=1S/C24H23N3O5S/c1-2-31-24(30)26-16-8-5-9-17(13-16)32-23(29)20-18-10-3-4-11-19(18)33-22(20)27-21(28)15-7-6-12-25-14-15/h5-9,12-14H,2-4,10-11H2,1H3,(H,26,30)(H,27,28). The van der Waals surface area contributed by atoms with E-state index in [0.29, 0.717) is 21.8 Å².